The van der Waals surface area contributed by atoms with Crippen molar-refractivity contribution >= 4 is 17.8 Å². The molecule has 3 atom stereocenters. The van der Waals surface area contributed by atoms with Crippen molar-refractivity contribution in [3.63, 3.8) is 0 Å². The normalized spacial score (nSPS) is 15.4. The molecule has 0 aromatic rings. The first-order valence-electron chi connectivity index (χ1n) is 6.81. The lowest BCUT2D eigenvalue weighted by Crippen LogP contribution is -2.57. The lowest BCUT2D eigenvalue weighted by Gasteiger charge is -2.25. The molecule has 0 aromatic heterocycles. The molecule has 0 spiro atoms. The highest BCUT2D eigenvalue weighted by Gasteiger charge is 2.30. The standard InChI is InChI=1S/C13H25N3O5/c1-6(2)9(14)11(18)16-10(7(3)4)12(19)15-8(5-17)13(20)21/h6-10,17H,5,14H2,1-4H3,(H,15,19)(H,16,18)(H,20,21)/t8-,9-,10-/m0/s1. The maximum Gasteiger partial charge on any atom is 0.328 e. The van der Waals surface area contributed by atoms with Gasteiger partial charge in [0, 0.05) is 0 Å². The molecule has 0 radical (unpaired) electrons. The summed E-state index contributed by atoms with van der Waals surface area (Å²) >= 11 is 0. The number of rotatable bonds is 8. The van der Waals surface area contributed by atoms with Crippen molar-refractivity contribution in [2.45, 2.75) is 45.8 Å². The van der Waals surface area contributed by atoms with Crippen LogP contribution in [0.15, 0.2) is 0 Å². The number of carboxylic acids is 1. The van der Waals surface area contributed by atoms with Crippen LogP contribution in [0.25, 0.3) is 0 Å². The summed E-state index contributed by atoms with van der Waals surface area (Å²) in [7, 11) is 0. The van der Waals surface area contributed by atoms with Gasteiger partial charge in [-0.2, -0.15) is 0 Å². The molecule has 0 bridgehead atoms. The average Bonchev–Trinajstić information content (AvgIpc) is 2.39. The first-order chi connectivity index (χ1) is 9.61. The molecule has 0 heterocycles. The molecule has 0 aliphatic heterocycles. The van der Waals surface area contributed by atoms with Crippen molar-refractivity contribution in [3.8, 4) is 0 Å². The summed E-state index contributed by atoms with van der Waals surface area (Å²) in [4.78, 5) is 34.8. The number of carbonyl (C=O) groups is 3. The van der Waals surface area contributed by atoms with E-state index >= 15 is 0 Å². The van der Waals surface area contributed by atoms with Crippen LogP contribution < -0.4 is 16.4 Å². The van der Waals surface area contributed by atoms with Gasteiger partial charge in [0.25, 0.3) is 0 Å². The van der Waals surface area contributed by atoms with Crippen LogP contribution in [0.3, 0.4) is 0 Å². The van der Waals surface area contributed by atoms with Crippen molar-refractivity contribution in [2.24, 2.45) is 17.6 Å². The third-order valence-electron chi connectivity index (χ3n) is 3.07. The van der Waals surface area contributed by atoms with Crippen molar-refractivity contribution in [1.82, 2.24) is 10.6 Å². The maximum atomic E-state index is 12.0. The van der Waals surface area contributed by atoms with Crippen LogP contribution >= 0.6 is 0 Å². The molecule has 8 heteroatoms. The highest BCUT2D eigenvalue weighted by atomic mass is 16.4. The Balaban J connectivity index is 4.87. The Kier molecular flexibility index (Phi) is 7.90. The van der Waals surface area contributed by atoms with Crippen molar-refractivity contribution in [3.05, 3.63) is 0 Å². The molecule has 0 rings (SSSR count). The second-order valence-corrected chi connectivity index (χ2v) is 5.58. The fourth-order valence-corrected chi connectivity index (χ4v) is 1.53. The van der Waals surface area contributed by atoms with Crippen LogP contribution in [0.5, 0.6) is 0 Å². The Morgan fingerprint density at radius 3 is 1.86 bits per heavy atom. The molecule has 0 aliphatic carbocycles. The minimum absolute atomic E-state index is 0.0925. The molecule has 0 aliphatic rings. The number of amides is 2. The zero-order valence-electron chi connectivity index (χ0n) is 12.8. The summed E-state index contributed by atoms with van der Waals surface area (Å²) in [6.07, 6.45) is 0. The van der Waals surface area contributed by atoms with E-state index in [0.717, 1.165) is 0 Å². The SMILES string of the molecule is CC(C)[C@H](N)C(=O)N[C@H](C(=O)N[C@@H](CO)C(=O)O)C(C)C. The van der Waals surface area contributed by atoms with Crippen molar-refractivity contribution in [2.75, 3.05) is 6.61 Å². The van der Waals surface area contributed by atoms with Gasteiger partial charge in [-0.25, -0.2) is 4.79 Å². The van der Waals surface area contributed by atoms with Gasteiger partial charge in [0.2, 0.25) is 11.8 Å². The molecule has 0 fully saturated rings. The van der Waals surface area contributed by atoms with Gasteiger partial charge < -0.3 is 26.6 Å². The minimum Gasteiger partial charge on any atom is -0.480 e. The fraction of sp³-hybridized carbons (Fsp3) is 0.769. The van der Waals surface area contributed by atoms with E-state index in [4.69, 9.17) is 15.9 Å². The second-order valence-electron chi connectivity index (χ2n) is 5.58. The van der Waals surface area contributed by atoms with E-state index in [1.165, 1.54) is 0 Å². The Bertz CT molecular complexity index is 384. The number of aliphatic carboxylic acids is 1. The summed E-state index contributed by atoms with van der Waals surface area (Å²) < 4.78 is 0. The van der Waals surface area contributed by atoms with Crippen molar-refractivity contribution < 1.29 is 24.6 Å². The van der Waals surface area contributed by atoms with Gasteiger partial charge in [0.1, 0.15) is 12.1 Å². The number of nitrogens with one attached hydrogen (secondary N) is 2. The lowest BCUT2D eigenvalue weighted by molar-refractivity contribution is -0.143. The molecule has 0 aromatic carbocycles. The van der Waals surface area contributed by atoms with Gasteiger partial charge in [-0.05, 0) is 11.8 Å². The quantitative estimate of drug-likeness (QED) is 0.376. The Hall–Kier alpha value is -1.67. The van der Waals surface area contributed by atoms with Crippen LogP contribution in [0, 0.1) is 11.8 Å². The van der Waals surface area contributed by atoms with E-state index in [9.17, 15) is 14.4 Å². The number of nitrogens with two attached hydrogens (primary N) is 1. The largest absolute Gasteiger partial charge is 0.480 e. The molecule has 21 heavy (non-hydrogen) atoms. The van der Waals surface area contributed by atoms with Crippen molar-refractivity contribution in [1.29, 1.82) is 0 Å². The maximum absolute atomic E-state index is 12.0. The van der Waals surface area contributed by atoms with E-state index in [-0.39, 0.29) is 11.8 Å². The van der Waals surface area contributed by atoms with Gasteiger partial charge >= 0.3 is 5.97 Å². The first-order valence-corrected chi connectivity index (χ1v) is 6.81. The van der Waals surface area contributed by atoms with E-state index < -0.39 is 42.5 Å². The summed E-state index contributed by atoms with van der Waals surface area (Å²) in [5, 5.41) is 22.4. The van der Waals surface area contributed by atoms with Gasteiger partial charge in [0.05, 0.1) is 12.6 Å². The van der Waals surface area contributed by atoms with E-state index in [2.05, 4.69) is 10.6 Å². The van der Waals surface area contributed by atoms with Gasteiger partial charge in [-0.3, -0.25) is 9.59 Å². The Labute approximate surface area is 124 Å². The Morgan fingerprint density at radius 1 is 1.00 bits per heavy atom. The number of carbonyl (C=O) groups excluding carboxylic acids is 2. The summed E-state index contributed by atoms with van der Waals surface area (Å²) in [5.41, 5.74) is 5.71. The highest BCUT2D eigenvalue weighted by Crippen LogP contribution is 2.05. The fourth-order valence-electron chi connectivity index (χ4n) is 1.53. The molecule has 0 saturated carbocycles. The Morgan fingerprint density at radius 2 is 1.52 bits per heavy atom. The zero-order valence-corrected chi connectivity index (χ0v) is 12.8. The monoisotopic (exact) mass is 303 g/mol. The van der Waals surface area contributed by atoms with Crippen LogP contribution in [-0.4, -0.2) is 52.7 Å². The molecule has 2 amide bonds. The predicted octanol–water partition coefficient (Wildman–Crippen LogP) is -1.33. The van der Waals surface area contributed by atoms with Gasteiger partial charge in [-0.15, -0.1) is 0 Å². The average molecular weight is 303 g/mol. The molecule has 0 saturated heterocycles. The number of hydrogen-bond donors (Lipinski definition) is 5. The second kappa shape index (κ2) is 8.58. The third kappa shape index (κ3) is 6.09. The summed E-state index contributed by atoms with van der Waals surface area (Å²) in [6, 6.07) is -3.09. The van der Waals surface area contributed by atoms with E-state index in [1.807, 2.05) is 0 Å². The number of hydrogen-bond acceptors (Lipinski definition) is 5. The van der Waals surface area contributed by atoms with E-state index in [0.29, 0.717) is 0 Å². The molecule has 8 nitrogen and oxygen atoms in total. The smallest absolute Gasteiger partial charge is 0.328 e. The highest BCUT2D eigenvalue weighted by molar-refractivity contribution is 5.92. The first kappa shape index (κ1) is 19.3. The van der Waals surface area contributed by atoms with Crippen LogP contribution in [0.1, 0.15) is 27.7 Å². The molecule has 122 valence electrons. The van der Waals surface area contributed by atoms with E-state index in [1.54, 1.807) is 27.7 Å². The summed E-state index contributed by atoms with van der Waals surface area (Å²) in [6.45, 7) is 6.24. The topological polar surface area (TPSA) is 142 Å². The minimum atomic E-state index is -1.41. The zero-order chi connectivity index (χ0) is 16.7. The molecule has 6 N–H and O–H groups in total. The third-order valence-corrected chi connectivity index (χ3v) is 3.07. The summed E-state index contributed by atoms with van der Waals surface area (Å²) in [5.74, 6) is -2.85. The molecular formula is C13H25N3O5. The lowest BCUT2D eigenvalue weighted by atomic mass is 10.00. The van der Waals surface area contributed by atoms with Gasteiger partial charge in [-0.1, -0.05) is 27.7 Å². The predicted molar refractivity (Wildman–Crippen MR) is 76.2 cm³/mol. The number of carboxylic acid groups (broad SMARTS) is 1. The molecular weight excluding hydrogens is 278 g/mol. The van der Waals surface area contributed by atoms with Gasteiger partial charge in [0.15, 0.2) is 0 Å². The number of aliphatic hydroxyl groups excluding tert-OH is 1. The van der Waals surface area contributed by atoms with Crippen LogP contribution in [-0.2, 0) is 14.4 Å². The number of aliphatic hydroxyl groups is 1. The molecule has 0 unspecified atom stereocenters. The van der Waals surface area contributed by atoms with Crippen LogP contribution in [0.4, 0.5) is 0 Å². The van der Waals surface area contributed by atoms with Crippen LogP contribution in [0.2, 0.25) is 0 Å².